The second-order valence-corrected chi connectivity index (χ2v) is 2.58. The molecule has 2 rings (SSSR count). The number of benzene rings is 1. The third-order valence-electron chi connectivity index (χ3n) is 1.68. The van der Waals surface area contributed by atoms with Crippen LogP contribution in [0.15, 0.2) is 30.9 Å². The first-order chi connectivity index (χ1) is 6.27. The Bertz CT molecular complexity index is 410. The molecule has 13 heavy (non-hydrogen) atoms. The highest BCUT2D eigenvalue weighted by atomic mass is 16.3. The minimum atomic E-state index is 0.153. The van der Waals surface area contributed by atoms with Crippen molar-refractivity contribution in [2.75, 3.05) is 5.73 Å². The first kappa shape index (κ1) is 7.60. The van der Waals surface area contributed by atoms with Crippen LogP contribution in [-0.4, -0.2) is 19.9 Å². The smallest absolute Gasteiger partial charge is 0.138 e. The van der Waals surface area contributed by atoms with E-state index in [1.165, 1.54) is 29.5 Å². The molecule has 0 bridgehead atoms. The van der Waals surface area contributed by atoms with Gasteiger partial charge in [0, 0.05) is 6.07 Å². The van der Waals surface area contributed by atoms with Crippen LogP contribution in [0.25, 0.3) is 5.69 Å². The maximum atomic E-state index is 9.22. The zero-order chi connectivity index (χ0) is 9.26. The van der Waals surface area contributed by atoms with Gasteiger partial charge in [0.05, 0.1) is 11.4 Å². The third kappa shape index (κ3) is 1.31. The lowest BCUT2D eigenvalue weighted by Gasteiger charge is -2.04. The number of nitrogen functional groups attached to an aromatic ring is 1. The molecule has 0 unspecified atom stereocenters. The Balaban J connectivity index is 2.57. The van der Waals surface area contributed by atoms with Gasteiger partial charge in [-0.25, -0.2) is 9.67 Å². The van der Waals surface area contributed by atoms with Gasteiger partial charge in [0.1, 0.15) is 18.4 Å². The van der Waals surface area contributed by atoms with Gasteiger partial charge in [-0.2, -0.15) is 5.10 Å². The van der Waals surface area contributed by atoms with Crippen molar-refractivity contribution in [1.29, 1.82) is 0 Å². The Labute approximate surface area is 74.4 Å². The Morgan fingerprint density at radius 1 is 1.38 bits per heavy atom. The quantitative estimate of drug-likeness (QED) is 0.491. The summed E-state index contributed by atoms with van der Waals surface area (Å²) in [6.45, 7) is 0. The lowest BCUT2D eigenvalue weighted by atomic mass is 10.2. The van der Waals surface area contributed by atoms with Gasteiger partial charge in [0.15, 0.2) is 0 Å². The number of phenols is 1. The van der Waals surface area contributed by atoms with Crippen molar-refractivity contribution in [1.82, 2.24) is 14.8 Å². The van der Waals surface area contributed by atoms with Gasteiger partial charge >= 0.3 is 0 Å². The topological polar surface area (TPSA) is 77.0 Å². The van der Waals surface area contributed by atoms with E-state index in [4.69, 9.17) is 5.73 Å². The highest BCUT2D eigenvalue weighted by molar-refractivity contribution is 5.59. The fourth-order valence-electron chi connectivity index (χ4n) is 1.06. The highest BCUT2D eigenvalue weighted by Crippen LogP contribution is 2.20. The summed E-state index contributed by atoms with van der Waals surface area (Å²) in [7, 11) is 0. The summed E-state index contributed by atoms with van der Waals surface area (Å²) in [6, 6.07) is 4.67. The predicted octanol–water partition coefficient (Wildman–Crippen LogP) is 0.555. The first-order valence-electron chi connectivity index (χ1n) is 3.71. The second-order valence-electron chi connectivity index (χ2n) is 2.58. The maximum absolute atomic E-state index is 9.22. The van der Waals surface area contributed by atoms with E-state index in [9.17, 15) is 5.11 Å². The average molecular weight is 176 g/mol. The number of nitrogens with zero attached hydrogens (tertiary/aromatic N) is 3. The van der Waals surface area contributed by atoms with E-state index in [-0.39, 0.29) is 5.75 Å². The van der Waals surface area contributed by atoms with Gasteiger partial charge in [-0.05, 0) is 12.1 Å². The Morgan fingerprint density at radius 3 is 2.92 bits per heavy atom. The molecule has 1 heterocycles. The molecular weight excluding hydrogens is 168 g/mol. The maximum Gasteiger partial charge on any atom is 0.138 e. The van der Waals surface area contributed by atoms with Gasteiger partial charge in [-0.3, -0.25) is 0 Å². The molecule has 2 aromatic rings. The Kier molecular flexibility index (Phi) is 1.63. The summed E-state index contributed by atoms with van der Waals surface area (Å²) < 4.78 is 1.50. The van der Waals surface area contributed by atoms with Crippen LogP contribution >= 0.6 is 0 Å². The van der Waals surface area contributed by atoms with Crippen LogP contribution in [0.3, 0.4) is 0 Å². The van der Waals surface area contributed by atoms with Crippen molar-refractivity contribution in [3.05, 3.63) is 30.9 Å². The summed E-state index contributed by atoms with van der Waals surface area (Å²) in [4.78, 5) is 3.78. The van der Waals surface area contributed by atoms with E-state index in [0.717, 1.165) is 0 Å². The van der Waals surface area contributed by atoms with Gasteiger partial charge < -0.3 is 10.8 Å². The minimum Gasteiger partial charge on any atom is -0.508 e. The highest BCUT2D eigenvalue weighted by Gasteiger charge is 2.02. The lowest BCUT2D eigenvalue weighted by molar-refractivity contribution is 0.475. The van der Waals surface area contributed by atoms with E-state index in [0.29, 0.717) is 11.4 Å². The molecule has 1 aromatic carbocycles. The molecule has 0 aliphatic rings. The van der Waals surface area contributed by atoms with Crippen LogP contribution in [0.5, 0.6) is 5.75 Å². The molecule has 0 fully saturated rings. The fourth-order valence-corrected chi connectivity index (χ4v) is 1.06. The molecule has 0 aliphatic heterocycles. The molecule has 0 radical (unpaired) electrons. The molecule has 3 N–H and O–H groups in total. The first-order valence-corrected chi connectivity index (χ1v) is 3.71. The number of aromatic nitrogens is 3. The Hall–Kier alpha value is -2.04. The molecular formula is C8H8N4O. The summed E-state index contributed by atoms with van der Waals surface area (Å²) >= 11 is 0. The van der Waals surface area contributed by atoms with Crippen molar-refractivity contribution >= 4 is 5.69 Å². The largest absolute Gasteiger partial charge is 0.508 e. The second kappa shape index (κ2) is 2.78. The molecule has 0 saturated heterocycles. The monoisotopic (exact) mass is 176 g/mol. The average Bonchev–Trinajstić information content (AvgIpc) is 2.61. The van der Waals surface area contributed by atoms with Crippen molar-refractivity contribution < 1.29 is 5.11 Å². The number of phenolic OH excluding ortho intramolecular Hbond substituents is 1. The molecule has 5 heteroatoms. The van der Waals surface area contributed by atoms with E-state index in [2.05, 4.69) is 10.1 Å². The van der Waals surface area contributed by atoms with Gasteiger partial charge in [0.25, 0.3) is 0 Å². The summed E-state index contributed by atoms with van der Waals surface area (Å²) in [5, 5.41) is 13.1. The van der Waals surface area contributed by atoms with Crippen LogP contribution in [0, 0.1) is 0 Å². The zero-order valence-electron chi connectivity index (χ0n) is 6.75. The lowest BCUT2D eigenvalue weighted by Crippen LogP contribution is -1.99. The van der Waals surface area contributed by atoms with Crippen LogP contribution in [0.4, 0.5) is 5.69 Å². The number of nitrogens with two attached hydrogens (primary N) is 1. The van der Waals surface area contributed by atoms with Crippen molar-refractivity contribution in [3.63, 3.8) is 0 Å². The third-order valence-corrected chi connectivity index (χ3v) is 1.68. The number of hydrogen-bond donors (Lipinski definition) is 2. The number of hydrogen-bond acceptors (Lipinski definition) is 4. The number of anilines is 1. The molecule has 0 saturated carbocycles. The van der Waals surface area contributed by atoms with E-state index in [1.54, 1.807) is 6.07 Å². The fraction of sp³-hybridized carbons (Fsp3) is 0. The molecule has 0 aliphatic carbocycles. The number of rotatable bonds is 1. The molecule has 66 valence electrons. The van der Waals surface area contributed by atoms with Gasteiger partial charge in [0.2, 0.25) is 0 Å². The molecule has 1 aromatic heterocycles. The van der Waals surface area contributed by atoms with Crippen molar-refractivity contribution in [2.24, 2.45) is 0 Å². The van der Waals surface area contributed by atoms with E-state index < -0.39 is 0 Å². The summed E-state index contributed by atoms with van der Waals surface area (Å²) in [6.07, 6.45) is 2.93. The summed E-state index contributed by atoms with van der Waals surface area (Å²) in [5.41, 5.74) is 6.85. The normalized spacial score (nSPS) is 10.2. The van der Waals surface area contributed by atoms with Crippen LogP contribution in [0.1, 0.15) is 0 Å². The van der Waals surface area contributed by atoms with Crippen LogP contribution in [0.2, 0.25) is 0 Å². The van der Waals surface area contributed by atoms with Gasteiger partial charge in [-0.1, -0.05) is 0 Å². The van der Waals surface area contributed by atoms with Crippen molar-refractivity contribution in [3.8, 4) is 11.4 Å². The van der Waals surface area contributed by atoms with E-state index in [1.807, 2.05) is 0 Å². The molecule has 0 amide bonds. The zero-order valence-corrected chi connectivity index (χ0v) is 6.75. The summed E-state index contributed by atoms with van der Waals surface area (Å²) in [5.74, 6) is 0.153. The van der Waals surface area contributed by atoms with Crippen LogP contribution in [-0.2, 0) is 0 Å². The SMILES string of the molecule is Nc1ccc(O)cc1-n1cncn1. The van der Waals surface area contributed by atoms with E-state index >= 15 is 0 Å². The molecule has 5 nitrogen and oxygen atoms in total. The molecule has 0 spiro atoms. The predicted molar refractivity (Wildman–Crippen MR) is 47.4 cm³/mol. The van der Waals surface area contributed by atoms with Crippen molar-refractivity contribution in [2.45, 2.75) is 0 Å². The molecule has 0 atom stereocenters. The van der Waals surface area contributed by atoms with Crippen LogP contribution < -0.4 is 5.73 Å². The Morgan fingerprint density at radius 2 is 2.23 bits per heavy atom. The minimum absolute atomic E-state index is 0.153. The standard InChI is InChI=1S/C8H8N4O/c9-7-2-1-6(13)3-8(7)12-5-10-4-11-12/h1-5,13H,9H2. The van der Waals surface area contributed by atoms with Gasteiger partial charge in [-0.15, -0.1) is 0 Å². The number of aromatic hydroxyl groups is 1.